The predicted molar refractivity (Wildman–Crippen MR) is 125 cm³/mol. The summed E-state index contributed by atoms with van der Waals surface area (Å²) in [7, 11) is 4.73. The number of ether oxygens (including phenoxy) is 3. The first kappa shape index (κ1) is 21.1. The summed E-state index contributed by atoms with van der Waals surface area (Å²) in [5, 5.41) is 0.934. The van der Waals surface area contributed by atoms with Crippen molar-refractivity contribution >= 4 is 23.2 Å². The summed E-state index contributed by atoms with van der Waals surface area (Å²) < 4.78 is 16.4. The smallest absolute Gasteiger partial charge is 0.203 e. The molecule has 0 aliphatic rings. The van der Waals surface area contributed by atoms with E-state index in [1.807, 2.05) is 54.6 Å². The number of nitrogens with zero attached hydrogens (tertiary/aromatic N) is 1. The summed E-state index contributed by atoms with van der Waals surface area (Å²) in [4.78, 5) is 8.31. The second kappa shape index (κ2) is 8.92. The fourth-order valence-electron chi connectivity index (χ4n) is 3.42. The second-order valence-corrected chi connectivity index (χ2v) is 7.48. The number of aromatic amines is 1. The zero-order valence-corrected chi connectivity index (χ0v) is 18.7. The van der Waals surface area contributed by atoms with Gasteiger partial charge in [-0.05, 0) is 18.2 Å². The lowest BCUT2D eigenvalue weighted by molar-refractivity contribution is 0.324. The maximum Gasteiger partial charge on any atom is 0.203 e. The van der Waals surface area contributed by atoms with E-state index < -0.39 is 0 Å². The summed E-state index contributed by atoms with van der Waals surface area (Å²) in [5.41, 5.74) is 4.01. The molecule has 0 fully saturated rings. The average Bonchev–Trinajstić information content (AvgIpc) is 3.25. The molecule has 4 rings (SSSR count). The highest BCUT2D eigenvalue weighted by molar-refractivity contribution is 6.43. The van der Waals surface area contributed by atoms with Crippen molar-refractivity contribution in [2.45, 2.75) is 0 Å². The SMILES string of the molecule is COc1cc(-c2nc(-c3ccccc3)c(-c3cccc(Cl)c3Cl)[nH]2)cc(OC)c1OC. The number of imidazole rings is 1. The highest BCUT2D eigenvalue weighted by atomic mass is 35.5. The maximum absolute atomic E-state index is 6.54. The summed E-state index contributed by atoms with van der Waals surface area (Å²) in [6.45, 7) is 0. The van der Waals surface area contributed by atoms with Gasteiger partial charge in [0.05, 0.1) is 42.8 Å². The van der Waals surface area contributed by atoms with E-state index in [0.29, 0.717) is 33.1 Å². The predicted octanol–water partition coefficient (Wildman–Crippen LogP) is 6.74. The van der Waals surface area contributed by atoms with Gasteiger partial charge in [0.2, 0.25) is 5.75 Å². The molecule has 4 aromatic rings. The molecule has 1 heterocycles. The molecule has 0 unspecified atom stereocenters. The Morgan fingerprint density at radius 2 is 1.45 bits per heavy atom. The quantitative estimate of drug-likeness (QED) is 0.350. The van der Waals surface area contributed by atoms with Crippen molar-refractivity contribution in [3.05, 3.63) is 70.7 Å². The molecule has 1 aromatic heterocycles. The molecule has 0 aliphatic heterocycles. The standard InChI is InChI=1S/C24H20Cl2N2O3/c1-29-18-12-15(13-19(30-2)23(18)31-3)24-27-21(14-8-5-4-6-9-14)22(28-24)16-10-7-11-17(25)20(16)26/h4-13H,1-3H3,(H,27,28). The van der Waals surface area contributed by atoms with Crippen LogP contribution in [0.4, 0.5) is 0 Å². The van der Waals surface area contributed by atoms with Crippen LogP contribution < -0.4 is 14.2 Å². The van der Waals surface area contributed by atoms with Gasteiger partial charge in [-0.25, -0.2) is 4.98 Å². The van der Waals surface area contributed by atoms with Gasteiger partial charge in [0.25, 0.3) is 0 Å². The van der Waals surface area contributed by atoms with Crippen LogP contribution in [0.2, 0.25) is 10.0 Å². The summed E-state index contributed by atoms with van der Waals surface area (Å²) in [6, 6.07) is 19.1. The van der Waals surface area contributed by atoms with E-state index in [2.05, 4.69) is 4.98 Å². The molecule has 7 heteroatoms. The van der Waals surface area contributed by atoms with Gasteiger partial charge in [-0.1, -0.05) is 65.7 Å². The number of halogens is 2. The summed E-state index contributed by atoms with van der Waals surface area (Å²) in [5.74, 6) is 2.22. The molecule has 158 valence electrons. The van der Waals surface area contributed by atoms with Crippen LogP contribution in [0.15, 0.2) is 60.7 Å². The number of hydrogen-bond donors (Lipinski definition) is 1. The first-order valence-corrected chi connectivity index (χ1v) is 10.2. The molecule has 0 aliphatic carbocycles. The molecular formula is C24H20Cl2N2O3. The van der Waals surface area contributed by atoms with E-state index in [1.54, 1.807) is 27.4 Å². The molecule has 5 nitrogen and oxygen atoms in total. The monoisotopic (exact) mass is 454 g/mol. The lowest BCUT2D eigenvalue weighted by Gasteiger charge is -2.13. The minimum atomic E-state index is 0.460. The molecule has 0 amide bonds. The largest absolute Gasteiger partial charge is 0.493 e. The topological polar surface area (TPSA) is 56.4 Å². The van der Waals surface area contributed by atoms with Crippen molar-refractivity contribution in [1.29, 1.82) is 0 Å². The lowest BCUT2D eigenvalue weighted by Crippen LogP contribution is -1.96. The number of methoxy groups -OCH3 is 3. The van der Waals surface area contributed by atoms with Crippen LogP contribution >= 0.6 is 23.2 Å². The van der Waals surface area contributed by atoms with Gasteiger partial charge < -0.3 is 19.2 Å². The first-order valence-electron chi connectivity index (χ1n) is 9.47. The van der Waals surface area contributed by atoms with Crippen LogP contribution in [0.1, 0.15) is 0 Å². The van der Waals surface area contributed by atoms with Gasteiger partial charge in [0.15, 0.2) is 11.5 Å². The molecule has 3 aromatic carbocycles. The number of hydrogen-bond acceptors (Lipinski definition) is 4. The fraction of sp³-hybridized carbons (Fsp3) is 0.125. The van der Waals surface area contributed by atoms with Crippen molar-refractivity contribution in [3.63, 3.8) is 0 Å². The van der Waals surface area contributed by atoms with E-state index in [9.17, 15) is 0 Å². The third kappa shape index (κ3) is 3.94. The van der Waals surface area contributed by atoms with Crippen LogP contribution in [-0.2, 0) is 0 Å². The maximum atomic E-state index is 6.54. The Morgan fingerprint density at radius 3 is 2.06 bits per heavy atom. The van der Waals surface area contributed by atoms with Gasteiger partial charge >= 0.3 is 0 Å². The van der Waals surface area contributed by atoms with Crippen molar-refractivity contribution in [2.75, 3.05) is 21.3 Å². The Balaban J connectivity index is 1.96. The van der Waals surface area contributed by atoms with Crippen LogP contribution in [0, 0.1) is 0 Å². The highest BCUT2D eigenvalue weighted by Crippen LogP contribution is 2.43. The van der Waals surface area contributed by atoms with Gasteiger partial charge in [-0.3, -0.25) is 0 Å². The minimum Gasteiger partial charge on any atom is -0.493 e. The third-order valence-corrected chi connectivity index (χ3v) is 5.73. The van der Waals surface area contributed by atoms with E-state index >= 15 is 0 Å². The molecule has 1 N–H and O–H groups in total. The second-order valence-electron chi connectivity index (χ2n) is 6.69. The van der Waals surface area contributed by atoms with Crippen LogP contribution in [0.25, 0.3) is 33.9 Å². The molecule has 31 heavy (non-hydrogen) atoms. The Labute approximate surface area is 190 Å². The van der Waals surface area contributed by atoms with Crippen molar-refractivity contribution in [2.24, 2.45) is 0 Å². The molecule has 0 saturated carbocycles. The number of H-pyrrole nitrogens is 1. The van der Waals surface area contributed by atoms with E-state index in [0.717, 1.165) is 28.1 Å². The zero-order chi connectivity index (χ0) is 22.0. The van der Waals surface area contributed by atoms with E-state index in [1.165, 1.54) is 0 Å². The Morgan fingerprint density at radius 1 is 0.774 bits per heavy atom. The Hall–Kier alpha value is -3.15. The van der Waals surface area contributed by atoms with Crippen LogP contribution in [0.5, 0.6) is 17.2 Å². The number of nitrogens with one attached hydrogen (secondary N) is 1. The zero-order valence-electron chi connectivity index (χ0n) is 17.2. The molecule has 0 radical (unpaired) electrons. The first-order chi connectivity index (χ1) is 15.1. The van der Waals surface area contributed by atoms with E-state index in [4.69, 9.17) is 42.4 Å². The van der Waals surface area contributed by atoms with Crippen molar-refractivity contribution < 1.29 is 14.2 Å². The van der Waals surface area contributed by atoms with Crippen LogP contribution in [-0.4, -0.2) is 31.3 Å². The average molecular weight is 455 g/mol. The summed E-state index contributed by atoms with van der Waals surface area (Å²) in [6.07, 6.45) is 0. The van der Waals surface area contributed by atoms with Crippen molar-refractivity contribution in [1.82, 2.24) is 9.97 Å². The summed E-state index contributed by atoms with van der Waals surface area (Å²) >= 11 is 12.8. The normalized spacial score (nSPS) is 10.7. The number of rotatable bonds is 6. The number of aromatic nitrogens is 2. The molecular weight excluding hydrogens is 435 g/mol. The molecule has 0 spiro atoms. The molecule has 0 bridgehead atoms. The molecule has 0 saturated heterocycles. The Bertz CT molecular complexity index is 1200. The van der Waals surface area contributed by atoms with Gasteiger partial charge in [0.1, 0.15) is 5.82 Å². The lowest BCUT2D eigenvalue weighted by atomic mass is 10.1. The van der Waals surface area contributed by atoms with Crippen LogP contribution in [0.3, 0.4) is 0 Å². The fourth-order valence-corrected chi connectivity index (χ4v) is 3.82. The van der Waals surface area contributed by atoms with Gasteiger partial charge in [-0.15, -0.1) is 0 Å². The highest BCUT2D eigenvalue weighted by Gasteiger charge is 2.21. The minimum absolute atomic E-state index is 0.460. The third-order valence-electron chi connectivity index (χ3n) is 4.91. The molecule has 0 atom stereocenters. The van der Waals surface area contributed by atoms with Gasteiger partial charge in [-0.2, -0.15) is 0 Å². The Kier molecular flexibility index (Phi) is 6.07. The van der Waals surface area contributed by atoms with Crippen molar-refractivity contribution in [3.8, 4) is 51.2 Å². The van der Waals surface area contributed by atoms with Gasteiger partial charge in [0, 0.05) is 16.7 Å². The van der Waals surface area contributed by atoms with E-state index in [-0.39, 0.29) is 0 Å². The number of benzene rings is 3.